The molecule has 6 nitrogen and oxygen atoms in total. The number of nitrogens with zero attached hydrogens (tertiary/aromatic N) is 3. The molecule has 0 spiro atoms. The number of nitrogens with one attached hydrogen (secondary N) is 1. The first-order chi connectivity index (χ1) is 15.0. The number of carbonyl (C=O) groups excluding carboxylic acids is 1. The molecule has 1 atom stereocenters. The van der Waals surface area contributed by atoms with E-state index in [1.54, 1.807) is 12.3 Å². The fourth-order valence-electron chi connectivity index (χ4n) is 3.11. The van der Waals surface area contributed by atoms with Gasteiger partial charge in [-0.3, -0.25) is 9.36 Å². The summed E-state index contributed by atoms with van der Waals surface area (Å²) in [6.07, 6.45) is 1.59. The SMILES string of the molecule is Cc1ccc(-c2nnc(SC(C)C(=O)NCc3ccco3)n2-c2ccc(C)cc2)cc1. The number of hydrogen-bond acceptors (Lipinski definition) is 5. The molecule has 0 saturated heterocycles. The van der Waals surface area contributed by atoms with Gasteiger partial charge in [-0.05, 0) is 45.0 Å². The van der Waals surface area contributed by atoms with Crippen molar-refractivity contribution in [2.75, 3.05) is 0 Å². The zero-order chi connectivity index (χ0) is 21.8. The molecule has 158 valence electrons. The first kappa shape index (κ1) is 20.9. The summed E-state index contributed by atoms with van der Waals surface area (Å²) in [5.74, 6) is 1.38. The van der Waals surface area contributed by atoms with Crippen LogP contribution in [0.2, 0.25) is 0 Å². The molecule has 0 aliphatic rings. The topological polar surface area (TPSA) is 73.0 Å². The maximum Gasteiger partial charge on any atom is 0.233 e. The van der Waals surface area contributed by atoms with E-state index < -0.39 is 0 Å². The van der Waals surface area contributed by atoms with E-state index in [0.717, 1.165) is 22.8 Å². The fourth-order valence-corrected chi connectivity index (χ4v) is 4.00. The minimum Gasteiger partial charge on any atom is -0.467 e. The minimum atomic E-state index is -0.353. The number of carbonyl (C=O) groups is 1. The number of aromatic nitrogens is 3. The molecule has 7 heteroatoms. The summed E-state index contributed by atoms with van der Waals surface area (Å²) in [6.45, 7) is 6.33. The van der Waals surface area contributed by atoms with Crippen molar-refractivity contribution in [3.8, 4) is 17.1 Å². The second kappa shape index (κ2) is 9.22. The zero-order valence-electron chi connectivity index (χ0n) is 17.7. The van der Waals surface area contributed by atoms with Gasteiger partial charge in [0.15, 0.2) is 11.0 Å². The van der Waals surface area contributed by atoms with Gasteiger partial charge in [0, 0.05) is 11.3 Å². The van der Waals surface area contributed by atoms with Crippen molar-refractivity contribution in [2.45, 2.75) is 37.7 Å². The van der Waals surface area contributed by atoms with Crippen LogP contribution in [-0.2, 0) is 11.3 Å². The van der Waals surface area contributed by atoms with Crippen LogP contribution in [0.15, 0.2) is 76.5 Å². The van der Waals surface area contributed by atoms with Gasteiger partial charge in [0.1, 0.15) is 5.76 Å². The lowest BCUT2D eigenvalue weighted by Crippen LogP contribution is -2.30. The third-order valence-corrected chi connectivity index (χ3v) is 5.95. The van der Waals surface area contributed by atoms with Gasteiger partial charge < -0.3 is 9.73 Å². The number of benzene rings is 2. The number of hydrogen-bond donors (Lipinski definition) is 1. The Balaban J connectivity index is 1.61. The predicted molar refractivity (Wildman–Crippen MR) is 122 cm³/mol. The highest BCUT2D eigenvalue weighted by Crippen LogP contribution is 2.30. The van der Waals surface area contributed by atoms with E-state index in [1.807, 2.05) is 41.8 Å². The van der Waals surface area contributed by atoms with Crippen LogP contribution in [0.5, 0.6) is 0 Å². The molecule has 0 aliphatic heterocycles. The highest BCUT2D eigenvalue weighted by Gasteiger charge is 2.22. The molecule has 4 rings (SSSR count). The molecule has 4 aromatic rings. The Morgan fingerprint density at radius 1 is 1.03 bits per heavy atom. The Kier molecular flexibility index (Phi) is 6.23. The number of thioether (sulfide) groups is 1. The van der Waals surface area contributed by atoms with Gasteiger partial charge in [0.25, 0.3) is 0 Å². The van der Waals surface area contributed by atoms with E-state index in [2.05, 4.69) is 53.6 Å². The Hall–Kier alpha value is -3.32. The maximum atomic E-state index is 12.6. The van der Waals surface area contributed by atoms with Crippen LogP contribution >= 0.6 is 11.8 Å². The Morgan fingerprint density at radius 3 is 2.35 bits per heavy atom. The number of amides is 1. The van der Waals surface area contributed by atoms with Gasteiger partial charge in [-0.15, -0.1) is 10.2 Å². The monoisotopic (exact) mass is 432 g/mol. The molecule has 0 aliphatic carbocycles. The van der Waals surface area contributed by atoms with Crippen molar-refractivity contribution < 1.29 is 9.21 Å². The highest BCUT2D eigenvalue weighted by atomic mass is 32.2. The van der Waals surface area contributed by atoms with Gasteiger partial charge in [0.05, 0.1) is 18.1 Å². The first-order valence-corrected chi connectivity index (χ1v) is 11.0. The van der Waals surface area contributed by atoms with Crippen molar-refractivity contribution in [1.29, 1.82) is 0 Å². The summed E-state index contributed by atoms with van der Waals surface area (Å²) in [6, 6.07) is 20.0. The van der Waals surface area contributed by atoms with E-state index >= 15 is 0 Å². The van der Waals surface area contributed by atoms with Crippen LogP contribution in [0.4, 0.5) is 0 Å². The summed E-state index contributed by atoms with van der Waals surface area (Å²) in [5.41, 5.74) is 4.28. The summed E-state index contributed by atoms with van der Waals surface area (Å²) in [4.78, 5) is 12.6. The average Bonchev–Trinajstić information content (AvgIpc) is 3.43. The van der Waals surface area contributed by atoms with Gasteiger partial charge in [-0.25, -0.2) is 0 Å². The number of aryl methyl sites for hydroxylation is 2. The summed E-state index contributed by atoms with van der Waals surface area (Å²) < 4.78 is 7.29. The predicted octanol–water partition coefficient (Wildman–Crippen LogP) is 4.94. The molecule has 2 aromatic carbocycles. The largest absolute Gasteiger partial charge is 0.467 e. The van der Waals surface area contributed by atoms with Crippen molar-refractivity contribution in [3.63, 3.8) is 0 Å². The van der Waals surface area contributed by atoms with E-state index in [4.69, 9.17) is 4.42 Å². The normalized spacial score (nSPS) is 12.0. The van der Waals surface area contributed by atoms with Crippen LogP contribution in [0, 0.1) is 13.8 Å². The van der Waals surface area contributed by atoms with Crippen LogP contribution in [0.3, 0.4) is 0 Å². The van der Waals surface area contributed by atoms with Crippen LogP contribution < -0.4 is 5.32 Å². The van der Waals surface area contributed by atoms with Crippen LogP contribution in [0.1, 0.15) is 23.8 Å². The van der Waals surface area contributed by atoms with Crippen molar-refractivity contribution in [3.05, 3.63) is 83.8 Å². The molecule has 0 radical (unpaired) electrons. The lowest BCUT2D eigenvalue weighted by molar-refractivity contribution is -0.120. The molecule has 2 heterocycles. The minimum absolute atomic E-state index is 0.0863. The molecule has 0 saturated carbocycles. The standard InChI is InChI=1S/C24H24N4O2S/c1-16-6-10-19(11-7-16)22-26-27-24(28(22)20-12-8-17(2)9-13-20)31-18(3)23(29)25-15-21-5-4-14-30-21/h4-14,18H,15H2,1-3H3,(H,25,29). The molecule has 0 bridgehead atoms. The molecular formula is C24H24N4O2S. The lowest BCUT2D eigenvalue weighted by Gasteiger charge is -2.14. The van der Waals surface area contributed by atoms with Gasteiger partial charge in [0.2, 0.25) is 5.91 Å². The molecule has 2 aromatic heterocycles. The third kappa shape index (κ3) is 4.88. The second-order valence-electron chi connectivity index (χ2n) is 7.40. The van der Waals surface area contributed by atoms with E-state index in [1.165, 1.54) is 22.9 Å². The van der Waals surface area contributed by atoms with Gasteiger partial charge in [-0.2, -0.15) is 0 Å². The quantitative estimate of drug-likeness (QED) is 0.419. The smallest absolute Gasteiger partial charge is 0.233 e. The van der Waals surface area contributed by atoms with E-state index in [-0.39, 0.29) is 11.2 Å². The highest BCUT2D eigenvalue weighted by molar-refractivity contribution is 8.00. The van der Waals surface area contributed by atoms with Gasteiger partial charge >= 0.3 is 0 Å². The molecule has 1 unspecified atom stereocenters. The van der Waals surface area contributed by atoms with Gasteiger partial charge in [-0.1, -0.05) is 59.3 Å². The molecule has 0 fully saturated rings. The van der Waals surface area contributed by atoms with Crippen molar-refractivity contribution >= 4 is 17.7 Å². The third-order valence-electron chi connectivity index (χ3n) is 4.90. The molecule has 1 N–H and O–H groups in total. The average molecular weight is 433 g/mol. The van der Waals surface area contributed by atoms with Crippen molar-refractivity contribution in [1.82, 2.24) is 20.1 Å². The summed E-state index contributed by atoms with van der Waals surface area (Å²) in [5, 5.41) is 12.1. The lowest BCUT2D eigenvalue weighted by atomic mass is 10.1. The Bertz CT molecular complexity index is 1150. The zero-order valence-corrected chi connectivity index (χ0v) is 18.5. The Morgan fingerprint density at radius 2 is 1.71 bits per heavy atom. The van der Waals surface area contributed by atoms with E-state index in [9.17, 15) is 4.79 Å². The molecule has 1 amide bonds. The van der Waals surface area contributed by atoms with Crippen LogP contribution in [-0.4, -0.2) is 25.9 Å². The number of rotatable bonds is 7. The first-order valence-electron chi connectivity index (χ1n) is 10.1. The molecule has 31 heavy (non-hydrogen) atoms. The maximum absolute atomic E-state index is 12.6. The second-order valence-corrected chi connectivity index (χ2v) is 8.71. The summed E-state index contributed by atoms with van der Waals surface area (Å²) in [7, 11) is 0. The molecular weight excluding hydrogens is 408 g/mol. The fraction of sp³-hybridized carbons (Fsp3) is 0.208. The summed E-state index contributed by atoms with van der Waals surface area (Å²) >= 11 is 1.38. The van der Waals surface area contributed by atoms with Crippen LogP contribution in [0.25, 0.3) is 17.1 Å². The Labute approximate surface area is 185 Å². The van der Waals surface area contributed by atoms with E-state index in [0.29, 0.717) is 11.7 Å². The number of furan rings is 1. The van der Waals surface area contributed by atoms with Crippen molar-refractivity contribution in [2.24, 2.45) is 0 Å².